The molecule has 0 heterocycles. The van der Waals surface area contributed by atoms with Crippen LogP contribution in [0.2, 0.25) is 0 Å². The molecule has 0 amide bonds. The van der Waals surface area contributed by atoms with Crippen molar-refractivity contribution in [2.45, 2.75) is 51.4 Å². The third-order valence-electron chi connectivity index (χ3n) is 6.86. The molecule has 0 unspecified atom stereocenters. The fraction of sp³-hybridized carbons (Fsp3) is 0.353. The Morgan fingerprint density at radius 1 is 0.674 bits per heavy atom. The van der Waals surface area contributed by atoms with Gasteiger partial charge in [-0.25, -0.2) is 18.4 Å². The van der Waals surface area contributed by atoms with E-state index in [-0.39, 0.29) is 29.9 Å². The highest BCUT2D eigenvalue weighted by Crippen LogP contribution is 2.41. The van der Waals surface area contributed by atoms with E-state index in [4.69, 9.17) is 14.2 Å². The second-order valence-corrected chi connectivity index (χ2v) is 11.7. The Bertz CT molecular complexity index is 1610. The van der Waals surface area contributed by atoms with Crippen LogP contribution in [0.15, 0.2) is 42.5 Å². The third kappa shape index (κ3) is 9.57. The van der Waals surface area contributed by atoms with E-state index in [1.54, 1.807) is 30.3 Å². The van der Waals surface area contributed by atoms with Crippen molar-refractivity contribution in [1.82, 2.24) is 0 Å². The van der Waals surface area contributed by atoms with Crippen LogP contribution in [-0.2, 0) is 9.47 Å². The van der Waals surface area contributed by atoms with Gasteiger partial charge in [0.05, 0.1) is 18.8 Å². The van der Waals surface area contributed by atoms with E-state index in [1.165, 1.54) is 18.2 Å². The topological polar surface area (TPSA) is 109 Å². The minimum absolute atomic E-state index is 0.0110. The summed E-state index contributed by atoms with van der Waals surface area (Å²) < 4.78 is 62.0. The molecule has 0 saturated heterocycles. The highest BCUT2D eigenvalue weighted by molar-refractivity contribution is 9.09. The highest BCUT2D eigenvalue weighted by atomic mass is 79.9. The van der Waals surface area contributed by atoms with Crippen molar-refractivity contribution in [1.29, 1.82) is 10.5 Å². The first-order chi connectivity index (χ1) is 22.3. The number of nitriles is 2. The van der Waals surface area contributed by atoms with Gasteiger partial charge in [-0.15, -0.1) is 0 Å². The molecule has 0 fully saturated rings. The lowest BCUT2D eigenvalue weighted by molar-refractivity contribution is 0.0494. The van der Waals surface area contributed by atoms with Gasteiger partial charge in [0.2, 0.25) is 11.6 Å². The molecule has 7 nitrogen and oxygen atoms in total. The van der Waals surface area contributed by atoms with Gasteiger partial charge in [-0.2, -0.15) is 14.9 Å². The summed E-state index contributed by atoms with van der Waals surface area (Å²) in [6, 6.07) is 13.3. The Morgan fingerprint density at radius 2 is 1.22 bits per heavy atom. The van der Waals surface area contributed by atoms with Crippen LogP contribution < -0.4 is 4.74 Å². The van der Waals surface area contributed by atoms with Crippen LogP contribution in [0.1, 0.15) is 83.2 Å². The largest absolute Gasteiger partial charge is 0.462 e. The zero-order chi connectivity index (χ0) is 33.5. The van der Waals surface area contributed by atoms with E-state index in [2.05, 4.69) is 31.9 Å². The van der Waals surface area contributed by atoms with Crippen LogP contribution in [0.4, 0.5) is 13.2 Å². The van der Waals surface area contributed by atoms with E-state index in [0.29, 0.717) is 18.4 Å². The number of hydrogen-bond acceptors (Lipinski definition) is 7. The predicted molar refractivity (Wildman–Crippen MR) is 173 cm³/mol. The van der Waals surface area contributed by atoms with Crippen molar-refractivity contribution in [2.75, 3.05) is 23.9 Å². The monoisotopic (exact) mass is 762 g/mol. The molecular formula is C34H31Br2F3N2O5. The smallest absolute Gasteiger partial charge is 0.341 e. The molecule has 0 aromatic heterocycles. The molecule has 46 heavy (non-hydrogen) atoms. The maximum atomic E-state index is 15.4. The van der Waals surface area contributed by atoms with Crippen LogP contribution in [0.3, 0.4) is 0 Å². The van der Waals surface area contributed by atoms with E-state index in [9.17, 15) is 24.5 Å². The average molecular weight is 764 g/mol. The van der Waals surface area contributed by atoms with Gasteiger partial charge in [-0.3, -0.25) is 0 Å². The normalized spacial score (nSPS) is 10.6. The van der Waals surface area contributed by atoms with Gasteiger partial charge in [0.15, 0.2) is 11.6 Å². The van der Waals surface area contributed by atoms with E-state index in [0.717, 1.165) is 55.3 Å². The van der Waals surface area contributed by atoms with Gasteiger partial charge >= 0.3 is 11.9 Å². The number of carbonyl (C=O) groups is 2. The standard InChI is InChI=1S/C34H31Br2F3N2O5/c35-14-8-1-3-10-16-44-33(42)23-18-24(22-12-6-5-7-13-22)31(25(19-23)34(43)45-17-11-4-2-9-15-36)46-32-29(38)27(21-41)26(20-40)28(37)30(32)39/h5-7,12-13,18-19H,1-4,8-11,14-17H2. The zero-order valence-corrected chi connectivity index (χ0v) is 28.0. The summed E-state index contributed by atoms with van der Waals surface area (Å²) in [5.41, 5.74) is -2.21. The van der Waals surface area contributed by atoms with E-state index >= 15 is 8.78 Å². The molecule has 0 aliphatic rings. The fourth-order valence-electron chi connectivity index (χ4n) is 4.47. The van der Waals surface area contributed by atoms with Gasteiger partial charge in [-0.05, 0) is 43.4 Å². The Morgan fingerprint density at radius 3 is 1.78 bits per heavy atom. The fourth-order valence-corrected chi connectivity index (χ4v) is 5.26. The maximum Gasteiger partial charge on any atom is 0.341 e. The number of halogens is 5. The highest BCUT2D eigenvalue weighted by Gasteiger charge is 2.30. The molecule has 0 bridgehead atoms. The summed E-state index contributed by atoms with van der Waals surface area (Å²) in [5.74, 6) is -8.80. The lowest BCUT2D eigenvalue weighted by Gasteiger charge is -2.19. The minimum atomic E-state index is -1.87. The molecule has 3 aromatic carbocycles. The summed E-state index contributed by atoms with van der Waals surface area (Å²) in [5, 5.41) is 20.3. The van der Waals surface area contributed by atoms with Crippen molar-refractivity contribution >= 4 is 43.8 Å². The number of unbranched alkanes of at least 4 members (excludes halogenated alkanes) is 6. The first-order valence-electron chi connectivity index (χ1n) is 14.7. The van der Waals surface area contributed by atoms with Gasteiger partial charge in [0.1, 0.15) is 34.6 Å². The second kappa shape index (κ2) is 18.9. The molecule has 242 valence electrons. The summed E-state index contributed by atoms with van der Waals surface area (Å²) >= 11 is 6.74. The molecule has 0 spiro atoms. The average Bonchev–Trinajstić information content (AvgIpc) is 3.07. The molecule has 0 atom stereocenters. The second-order valence-electron chi connectivity index (χ2n) is 10.1. The molecule has 3 aromatic rings. The molecular weight excluding hydrogens is 733 g/mol. The Kier molecular flexibility index (Phi) is 15.1. The van der Waals surface area contributed by atoms with Gasteiger partial charge in [0, 0.05) is 16.2 Å². The maximum absolute atomic E-state index is 15.4. The number of ether oxygens (including phenoxy) is 3. The van der Waals surface area contributed by atoms with Crippen LogP contribution >= 0.6 is 31.9 Å². The Labute approximate surface area is 282 Å². The Balaban J connectivity index is 2.13. The number of hydrogen-bond donors (Lipinski definition) is 0. The molecule has 0 saturated carbocycles. The van der Waals surface area contributed by atoms with Crippen LogP contribution in [0.5, 0.6) is 11.5 Å². The lowest BCUT2D eigenvalue weighted by atomic mass is 9.97. The van der Waals surface area contributed by atoms with Gasteiger partial charge in [-0.1, -0.05) is 87.9 Å². The van der Waals surface area contributed by atoms with Crippen molar-refractivity contribution in [2.24, 2.45) is 0 Å². The minimum Gasteiger partial charge on any atom is -0.462 e. The van der Waals surface area contributed by atoms with Crippen molar-refractivity contribution in [3.63, 3.8) is 0 Å². The van der Waals surface area contributed by atoms with Crippen LogP contribution in [0, 0.1) is 40.1 Å². The number of alkyl halides is 2. The third-order valence-corrected chi connectivity index (χ3v) is 7.98. The van der Waals surface area contributed by atoms with E-state index in [1.807, 2.05) is 0 Å². The van der Waals surface area contributed by atoms with Crippen molar-refractivity contribution < 1.29 is 37.0 Å². The zero-order valence-electron chi connectivity index (χ0n) is 24.9. The lowest BCUT2D eigenvalue weighted by Crippen LogP contribution is -2.13. The molecule has 0 N–H and O–H groups in total. The number of carbonyl (C=O) groups excluding carboxylic acids is 2. The molecule has 0 radical (unpaired) electrons. The quantitative estimate of drug-likeness (QED) is 0.0583. The van der Waals surface area contributed by atoms with Crippen molar-refractivity contribution in [3.05, 3.63) is 82.2 Å². The molecule has 0 aliphatic carbocycles. The Hall–Kier alpha value is -3.87. The number of benzene rings is 3. The van der Waals surface area contributed by atoms with Gasteiger partial charge in [0.25, 0.3) is 0 Å². The number of nitrogens with zero attached hydrogens (tertiary/aromatic N) is 2. The predicted octanol–water partition coefficient (Wildman–Crippen LogP) is 9.53. The van der Waals surface area contributed by atoms with Crippen LogP contribution in [0.25, 0.3) is 11.1 Å². The number of rotatable bonds is 17. The SMILES string of the molecule is N#Cc1c(F)c(F)c(Oc2c(C(=O)OCCCCCCBr)cc(C(=O)OCCCCCCBr)cc2-c2ccccc2)c(F)c1C#N. The van der Waals surface area contributed by atoms with Crippen molar-refractivity contribution in [3.8, 4) is 34.8 Å². The first kappa shape index (κ1) is 36.6. The molecule has 12 heteroatoms. The van der Waals surface area contributed by atoms with E-state index < -0.39 is 52.0 Å². The summed E-state index contributed by atoms with van der Waals surface area (Å²) in [7, 11) is 0. The number of esters is 2. The van der Waals surface area contributed by atoms with Crippen LogP contribution in [-0.4, -0.2) is 35.8 Å². The van der Waals surface area contributed by atoms with Gasteiger partial charge < -0.3 is 14.2 Å². The first-order valence-corrected chi connectivity index (χ1v) is 16.9. The molecule has 3 rings (SSSR count). The summed E-state index contributed by atoms with van der Waals surface area (Å²) in [4.78, 5) is 26.7. The summed E-state index contributed by atoms with van der Waals surface area (Å²) in [6.07, 6.45) is 6.56. The molecule has 0 aliphatic heterocycles. The summed E-state index contributed by atoms with van der Waals surface area (Å²) in [6.45, 7) is 0.142.